The lowest BCUT2D eigenvalue weighted by Crippen LogP contribution is -2.46. The van der Waals surface area contributed by atoms with E-state index in [1.165, 1.54) is 0 Å². The summed E-state index contributed by atoms with van der Waals surface area (Å²) in [6.07, 6.45) is 0. The van der Waals surface area contributed by atoms with Crippen LogP contribution in [0.1, 0.15) is 0 Å². The molecular formula is C24F20OP+. The minimum atomic E-state index is -7.96. The highest BCUT2D eigenvalue weighted by molar-refractivity contribution is 7.92. The second-order valence-electron chi connectivity index (χ2n) is 8.36. The maximum absolute atomic E-state index is 15.3. The Bertz CT molecular complexity index is 1710. The predicted octanol–water partition coefficient (Wildman–Crippen LogP) is 7.76. The van der Waals surface area contributed by atoms with Gasteiger partial charge >= 0.3 is 7.49 Å². The molecule has 0 heterocycles. The molecule has 0 spiro atoms. The molecule has 46 heavy (non-hydrogen) atoms. The van der Waals surface area contributed by atoms with Crippen molar-refractivity contribution < 1.29 is 92.3 Å². The number of hydrogen-bond acceptors (Lipinski definition) is 1. The molecule has 0 fully saturated rings. The molecule has 0 N–H and O–H groups in total. The first-order chi connectivity index (χ1) is 21.2. The zero-order valence-electron chi connectivity index (χ0n) is 20.4. The Morgan fingerprint density at radius 3 is 0.565 bits per heavy atom. The van der Waals surface area contributed by atoms with Crippen LogP contribution in [0.25, 0.3) is 0 Å². The van der Waals surface area contributed by atoms with Crippen molar-refractivity contribution in [3.8, 4) is 5.75 Å². The van der Waals surface area contributed by atoms with Crippen molar-refractivity contribution in [2.75, 3.05) is 0 Å². The lowest BCUT2D eigenvalue weighted by atomic mass is 10.3. The van der Waals surface area contributed by atoms with Crippen molar-refractivity contribution in [2.24, 2.45) is 0 Å². The van der Waals surface area contributed by atoms with Crippen LogP contribution in [0.2, 0.25) is 0 Å². The average molecular weight is 715 g/mol. The van der Waals surface area contributed by atoms with Gasteiger partial charge in [0, 0.05) is 0 Å². The average Bonchev–Trinajstić information content (AvgIpc) is 3.02. The summed E-state index contributed by atoms with van der Waals surface area (Å²) in [5.41, 5.74) is 0. The Hall–Kier alpha value is -4.29. The standard InChI is InChI=1S/C24F20OP/c25-1-5(29)13(37)21(14(38)6(1)30)45-46(22-15(39)7(31)2(26)8(32)16(22)40,23-17(41)9(33)3(27)10(34)18(23)42)24-19(43)11(35)4(28)12(36)20(24)44/q+1. The number of benzene rings is 4. The van der Waals surface area contributed by atoms with E-state index in [0.717, 1.165) is 0 Å². The third-order valence-corrected chi connectivity index (χ3v) is 9.43. The topological polar surface area (TPSA) is 9.23 Å². The molecule has 4 aromatic rings. The monoisotopic (exact) mass is 715 g/mol. The van der Waals surface area contributed by atoms with Crippen molar-refractivity contribution in [2.45, 2.75) is 0 Å². The molecule has 0 bridgehead atoms. The lowest BCUT2D eigenvalue weighted by Gasteiger charge is -2.28. The molecule has 0 saturated carbocycles. The predicted molar refractivity (Wildman–Crippen MR) is 111 cm³/mol. The Labute approximate surface area is 238 Å². The Kier molecular flexibility index (Phi) is 8.65. The van der Waals surface area contributed by atoms with Gasteiger partial charge in [-0.15, -0.1) is 0 Å². The molecule has 0 aliphatic carbocycles. The molecule has 0 saturated heterocycles. The maximum Gasteiger partial charge on any atom is 0.306 e. The van der Waals surface area contributed by atoms with Crippen LogP contribution >= 0.6 is 7.49 Å². The van der Waals surface area contributed by atoms with Gasteiger partial charge in [-0.05, 0) is 0 Å². The first-order valence-corrected chi connectivity index (χ1v) is 12.5. The van der Waals surface area contributed by atoms with Gasteiger partial charge in [-0.2, -0.15) is 35.1 Å². The summed E-state index contributed by atoms with van der Waals surface area (Å²) in [6.45, 7) is 0. The minimum absolute atomic E-state index is 3.17. The van der Waals surface area contributed by atoms with Gasteiger partial charge in [0.05, 0.1) is 0 Å². The van der Waals surface area contributed by atoms with Crippen LogP contribution in [0.4, 0.5) is 87.8 Å². The van der Waals surface area contributed by atoms with E-state index in [1.807, 2.05) is 0 Å². The van der Waals surface area contributed by atoms with Crippen molar-refractivity contribution in [1.29, 1.82) is 0 Å². The molecule has 22 heteroatoms. The summed E-state index contributed by atoms with van der Waals surface area (Å²) in [7, 11) is -7.96. The van der Waals surface area contributed by atoms with E-state index in [0.29, 0.717) is 0 Å². The van der Waals surface area contributed by atoms with E-state index in [4.69, 9.17) is 0 Å². The van der Waals surface area contributed by atoms with Crippen LogP contribution in [0.15, 0.2) is 0 Å². The van der Waals surface area contributed by atoms with Crippen molar-refractivity contribution in [1.82, 2.24) is 0 Å². The van der Waals surface area contributed by atoms with E-state index < -0.39 is 145 Å². The maximum atomic E-state index is 15.3. The van der Waals surface area contributed by atoms with Crippen molar-refractivity contribution >= 4 is 23.4 Å². The quantitative estimate of drug-likeness (QED) is 0.0890. The van der Waals surface area contributed by atoms with Gasteiger partial charge in [0.25, 0.3) is 5.75 Å². The molecule has 246 valence electrons. The van der Waals surface area contributed by atoms with Crippen LogP contribution in [0.3, 0.4) is 0 Å². The molecular weight excluding hydrogens is 715 g/mol. The summed E-state index contributed by atoms with van der Waals surface area (Å²) >= 11 is 0. The van der Waals surface area contributed by atoms with Crippen LogP contribution in [0.5, 0.6) is 5.75 Å². The summed E-state index contributed by atoms with van der Waals surface area (Å²) in [5.74, 6) is -72.5. The van der Waals surface area contributed by atoms with Crippen LogP contribution < -0.4 is 20.4 Å². The van der Waals surface area contributed by atoms with Gasteiger partial charge < -0.3 is 4.52 Å². The molecule has 0 aromatic heterocycles. The van der Waals surface area contributed by atoms with Crippen LogP contribution in [-0.4, -0.2) is 0 Å². The zero-order chi connectivity index (χ0) is 35.1. The summed E-state index contributed by atoms with van der Waals surface area (Å²) in [4.78, 5) is 0. The minimum Gasteiger partial charge on any atom is -0.327 e. The van der Waals surface area contributed by atoms with Crippen molar-refractivity contribution in [3.05, 3.63) is 116 Å². The van der Waals surface area contributed by atoms with E-state index in [2.05, 4.69) is 4.52 Å². The van der Waals surface area contributed by atoms with Gasteiger partial charge in [-0.25, -0.2) is 52.7 Å². The van der Waals surface area contributed by atoms with E-state index in [1.54, 1.807) is 0 Å². The number of halogens is 20. The highest BCUT2D eigenvalue weighted by Crippen LogP contribution is 2.61. The third kappa shape index (κ3) is 4.52. The molecule has 4 aromatic carbocycles. The summed E-state index contributed by atoms with van der Waals surface area (Å²) in [5, 5.41) is -10.4. The molecule has 0 amide bonds. The molecule has 1 nitrogen and oxygen atoms in total. The van der Waals surface area contributed by atoms with E-state index in [-0.39, 0.29) is 0 Å². The van der Waals surface area contributed by atoms with Gasteiger partial charge in [0.1, 0.15) is 0 Å². The second-order valence-corrected chi connectivity index (χ2v) is 11.1. The largest absolute Gasteiger partial charge is 0.327 e. The Morgan fingerprint density at radius 1 is 0.217 bits per heavy atom. The lowest BCUT2D eigenvalue weighted by molar-refractivity contribution is 0.350. The van der Waals surface area contributed by atoms with Gasteiger partial charge in [-0.3, -0.25) is 0 Å². The SMILES string of the molecule is Fc1c(F)c(F)c(O[P+](c2c(F)c(F)c(F)c(F)c2F)(c2c(F)c(F)c(F)c(F)c2F)c2c(F)c(F)c(F)c(F)c2F)c(F)c1F. The smallest absolute Gasteiger partial charge is 0.306 e. The first-order valence-electron chi connectivity index (χ1n) is 10.8. The van der Waals surface area contributed by atoms with Gasteiger partial charge in [0.2, 0.25) is 132 Å². The fourth-order valence-corrected chi connectivity index (χ4v) is 7.51. The summed E-state index contributed by atoms with van der Waals surface area (Å²) < 4.78 is 295. The summed E-state index contributed by atoms with van der Waals surface area (Å²) in [6, 6.07) is 0. The van der Waals surface area contributed by atoms with E-state index >= 15 is 26.3 Å². The molecule has 4 rings (SSSR count). The zero-order valence-corrected chi connectivity index (χ0v) is 21.3. The molecule has 0 radical (unpaired) electrons. The normalized spacial score (nSPS) is 11.9. The van der Waals surface area contributed by atoms with Crippen LogP contribution in [0, 0.1) is 116 Å². The molecule has 0 atom stereocenters. The highest BCUT2D eigenvalue weighted by Gasteiger charge is 2.65. The Balaban J connectivity index is 2.54. The van der Waals surface area contributed by atoms with Crippen molar-refractivity contribution in [3.63, 3.8) is 0 Å². The van der Waals surface area contributed by atoms with Crippen LogP contribution in [-0.2, 0) is 0 Å². The fourth-order valence-electron chi connectivity index (χ4n) is 3.88. The number of rotatable bonds is 5. The molecule has 0 unspecified atom stereocenters. The third-order valence-electron chi connectivity index (χ3n) is 5.90. The van der Waals surface area contributed by atoms with Gasteiger partial charge in [-0.1, -0.05) is 0 Å². The first kappa shape index (κ1) is 34.6. The fraction of sp³-hybridized carbons (Fsp3) is 0. The number of hydrogen-bond donors (Lipinski definition) is 0. The Morgan fingerprint density at radius 2 is 0.370 bits per heavy atom. The second kappa shape index (κ2) is 11.5. The van der Waals surface area contributed by atoms with E-state index in [9.17, 15) is 61.5 Å². The molecule has 0 aliphatic heterocycles. The van der Waals surface area contributed by atoms with Gasteiger partial charge in [0.15, 0.2) is 0 Å². The molecule has 0 aliphatic rings. The highest BCUT2D eigenvalue weighted by atomic mass is 31.2.